The van der Waals surface area contributed by atoms with E-state index in [0.29, 0.717) is 23.4 Å². The largest absolute Gasteiger partial charge is 0.419 e. The van der Waals surface area contributed by atoms with E-state index in [-0.39, 0.29) is 6.04 Å². The molecule has 0 aliphatic rings. The molecule has 3 aromatic rings. The van der Waals surface area contributed by atoms with Crippen LogP contribution in [0.25, 0.3) is 11.1 Å². The van der Waals surface area contributed by atoms with Crippen molar-refractivity contribution in [3.8, 4) is 0 Å². The third kappa shape index (κ3) is 3.41. The molecule has 2 heterocycles. The second-order valence-corrected chi connectivity index (χ2v) is 5.60. The Morgan fingerprint density at radius 2 is 2.16 bits per heavy atom. The molecule has 9 heteroatoms. The quantitative estimate of drug-likeness (QED) is 0.727. The summed E-state index contributed by atoms with van der Waals surface area (Å²) in [6, 6.07) is 6.08. The van der Waals surface area contributed by atoms with Gasteiger partial charge in [0, 0.05) is 39.2 Å². The second kappa shape index (κ2) is 6.81. The van der Waals surface area contributed by atoms with E-state index in [1.807, 2.05) is 6.07 Å². The number of nitrogens with zero attached hydrogens (tertiary/aromatic N) is 3. The molecule has 2 aromatic heterocycles. The highest BCUT2D eigenvalue weighted by Gasteiger charge is 2.18. The fourth-order valence-electron chi connectivity index (χ4n) is 2.63. The maximum Gasteiger partial charge on any atom is 0.419 e. The van der Waals surface area contributed by atoms with E-state index in [4.69, 9.17) is 9.15 Å². The highest BCUT2D eigenvalue weighted by molar-refractivity contribution is 5.91. The van der Waals surface area contributed by atoms with Crippen molar-refractivity contribution in [1.82, 2.24) is 19.7 Å². The molecule has 0 saturated carbocycles. The van der Waals surface area contributed by atoms with Crippen molar-refractivity contribution < 1.29 is 13.9 Å². The SMILES string of the molecule is COC[C@@H](NC(=O)Nc1ccc2c(c1)oc(=O)n2C)c1ccnn1C. The summed E-state index contributed by atoms with van der Waals surface area (Å²) in [5.74, 6) is -0.451. The first kappa shape index (κ1) is 16.8. The lowest BCUT2D eigenvalue weighted by Crippen LogP contribution is -2.35. The number of amides is 2. The van der Waals surface area contributed by atoms with E-state index in [0.717, 1.165) is 5.69 Å². The number of oxazole rings is 1. The Bertz CT molecular complexity index is 955. The predicted octanol–water partition coefficient (Wildman–Crippen LogP) is 1.37. The number of aryl methyl sites for hydroxylation is 2. The first-order valence-electron chi connectivity index (χ1n) is 7.63. The lowest BCUT2D eigenvalue weighted by molar-refractivity contribution is 0.165. The summed E-state index contributed by atoms with van der Waals surface area (Å²) in [5, 5.41) is 9.67. The van der Waals surface area contributed by atoms with Gasteiger partial charge in [0.2, 0.25) is 0 Å². The van der Waals surface area contributed by atoms with Gasteiger partial charge in [-0.15, -0.1) is 0 Å². The number of benzene rings is 1. The Hall–Kier alpha value is -3.07. The average Bonchev–Trinajstić information content (AvgIpc) is 3.11. The molecule has 2 amide bonds. The Morgan fingerprint density at radius 1 is 1.36 bits per heavy atom. The molecule has 1 atom stereocenters. The molecule has 0 spiro atoms. The summed E-state index contributed by atoms with van der Waals surface area (Å²) in [7, 11) is 4.98. The molecule has 0 fully saturated rings. The topological polar surface area (TPSA) is 103 Å². The number of carbonyl (C=O) groups excluding carboxylic acids is 1. The van der Waals surface area contributed by atoms with Gasteiger partial charge in [-0.1, -0.05) is 0 Å². The third-order valence-electron chi connectivity index (χ3n) is 3.90. The van der Waals surface area contributed by atoms with Gasteiger partial charge in [0.25, 0.3) is 0 Å². The molecule has 0 radical (unpaired) electrons. The highest BCUT2D eigenvalue weighted by atomic mass is 16.5. The summed E-state index contributed by atoms with van der Waals surface area (Å²) in [4.78, 5) is 23.8. The number of nitrogens with one attached hydrogen (secondary N) is 2. The summed E-state index contributed by atoms with van der Waals surface area (Å²) < 4.78 is 13.4. The summed E-state index contributed by atoms with van der Waals surface area (Å²) in [6.45, 7) is 0.305. The number of carbonyl (C=O) groups is 1. The van der Waals surface area contributed by atoms with Crippen LogP contribution >= 0.6 is 0 Å². The molecule has 0 unspecified atom stereocenters. The molecule has 0 bridgehead atoms. The van der Waals surface area contributed by atoms with Crippen molar-refractivity contribution in [3.05, 3.63) is 46.7 Å². The lowest BCUT2D eigenvalue weighted by atomic mass is 10.2. The van der Waals surface area contributed by atoms with Crippen molar-refractivity contribution in [3.63, 3.8) is 0 Å². The van der Waals surface area contributed by atoms with E-state index in [2.05, 4.69) is 15.7 Å². The molecule has 0 saturated heterocycles. The number of anilines is 1. The van der Waals surface area contributed by atoms with Gasteiger partial charge in [0.15, 0.2) is 5.58 Å². The molecule has 0 aliphatic heterocycles. The van der Waals surface area contributed by atoms with Crippen molar-refractivity contribution in [2.75, 3.05) is 19.0 Å². The molecular formula is C16H19N5O4. The van der Waals surface area contributed by atoms with E-state index in [1.165, 1.54) is 4.57 Å². The van der Waals surface area contributed by atoms with Crippen molar-refractivity contribution in [2.24, 2.45) is 14.1 Å². The average molecular weight is 345 g/mol. The van der Waals surface area contributed by atoms with E-state index >= 15 is 0 Å². The zero-order valence-electron chi connectivity index (χ0n) is 14.1. The Labute approximate surface area is 143 Å². The van der Waals surface area contributed by atoms with Gasteiger partial charge < -0.3 is 19.8 Å². The Kier molecular flexibility index (Phi) is 4.57. The van der Waals surface area contributed by atoms with Gasteiger partial charge in [0.1, 0.15) is 0 Å². The van der Waals surface area contributed by atoms with Gasteiger partial charge in [0.05, 0.1) is 23.9 Å². The number of aromatic nitrogens is 3. The Balaban J connectivity index is 1.75. The van der Waals surface area contributed by atoms with Crippen LogP contribution in [0.2, 0.25) is 0 Å². The summed E-state index contributed by atoms with van der Waals surface area (Å²) in [6.07, 6.45) is 1.66. The number of hydrogen-bond acceptors (Lipinski definition) is 5. The molecule has 132 valence electrons. The van der Waals surface area contributed by atoms with Crippen molar-refractivity contribution in [1.29, 1.82) is 0 Å². The van der Waals surface area contributed by atoms with Gasteiger partial charge in [-0.25, -0.2) is 9.59 Å². The van der Waals surface area contributed by atoms with Gasteiger partial charge in [-0.3, -0.25) is 9.25 Å². The zero-order chi connectivity index (χ0) is 18.0. The summed E-state index contributed by atoms with van der Waals surface area (Å²) in [5.41, 5.74) is 2.40. The number of methoxy groups -OCH3 is 1. The van der Waals surface area contributed by atoms with Crippen LogP contribution in [-0.4, -0.2) is 34.1 Å². The number of hydrogen-bond donors (Lipinski definition) is 2. The predicted molar refractivity (Wildman–Crippen MR) is 91.4 cm³/mol. The second-order valence-electron chi connectivity index (χ2n) is 5.60. The minimum atomic E-state index is -0.451. The van der Waals surface area contributed by atoms with E-state index < -0.39 is 11.8 Å². The minimum absolute atomic E-state index is 0.305. The third-order valence-corrected chi connectivity index (χ3v) is 3.90. The fraction of sp³-hybridized carbons (Fsp3) is 0.312. The highest BCUT2D eigenvalue weighted by Crippen LogP contribution is 2.18. The van der Waals surface area contributed by atoms with Crippen LogP contribution in [0.15, 0.2) is 39.7 Å². The van der Waals surface area contributed by atoms with Gasteiger partial charge >= 0.3 is 11.8 Å². The normalized spacial score (nSPS) is 12.3. The maximum absolute atomic E-state index is 12.3. The first-order valence-corrected chi connectivity index (χ1v) is 7.63. The van der Waals surface area contributed by atoms with E-state index in [1.54, 1.807) is 50.3 Å². The lowest BCUT2D eigenvalue weighted by Gasteiger charge is -2.18. The van der Waals surface area contributed by atoms with Crippen LogP contribution < -0.4 is 16.4 Å². The van der Waals surface area contributed by atoms with Crippen LogP contribution in [0.1, 0.15) is 11.7 Å². The Morgan fingerprint density at radius 3 is 2.84 bits per heavy atom. The molecule has 25 heavy (non-hydrogen) atoms. The number of urea groups is 1. The smallest absolute Gasteiger partial charge is 0.408 e. The first-order chi connectivity index (χ1) is 12.0. The van der Waals surface area contributed by atoms with Crippen LogP contribution in [0, 0.1) is 0 Å². The standard InChI is InChI=1S/C16H19N5O4/c1-20-13-5-4-10(8-14(13)25-16(20)23)18-15(22)19-11(9-24-3)12-6-7-17-21(12)2/h4-8,11H,9H2,1-3H3,(H2,18,19,22)/t11-/m1/s1. The minimum Gasteiger partial charge on any atom is -0.408 e. The van der Waals surface area contributed by atoms with Gasteiger partial charge in [-0.2, -0.15) is 5.10 Å². The molecule has 0 aliphatic carbocycles. The molecule has 2 N–H and O–H groups in total. The summed E-state index contributed by atoms with van der Waals surface area (Å²) >= 11 is 0. The molecule has 1 aromatic carbocycles. The van der Waals surface area contributed by atoms with E-state index in [9.17, 15) is 9.59 Å². The maximum atomic E-state index is 12.3. The molecular weight excluding hydrogens is 326 g/mol. The number of fused-ring (bicyclic) bond motifs is 1. The monoisotopic (exact) mass is 345 g/mol. The van der Waals surface area contributed by atoms with Crippen molar-refractivity contribution >= 4 is 22.8 Å². The fourth-order valence-corrected chi connectivity index (χ4v) is 2.63. The van der Waals surface area contributed by atoms with Crippen LogP contribution in [0.3, 0.4) is 0 Å². The molecule has 3 rings (SSSR count). The van der Waals surface area contributed by atoms with Gasteiger partial charge in [-0.05, 0) is 18.2 Å². The number of ether oxygens (including phenoxy) is 1. The van der Waals surface area contributed by atoms with Crippen molar-refractivity contribution in [2.45, 2.75) is 6.04 Å². The van der Waals surface area contributed by atoms with Crippen LogP contribution in [0.5, 0.6) is 0 Å². The number of rotatable bonds is 5. The van der Waals surface area contributed by atoms with Crippen LogP contribution in [0.4, 0.5) is 10.5 Å². The zero-order valence-corrected chi connectivity index (χ0v) is 14.1. The molecule has 9 nitrogen and oxygen atoms in total. The van der Waals surface area contributed by atoms with Crippen LogP contribution in [-0.2, 0) is 18.8 Å².